The highest BCUT2D eigenvalue weighted by molar-refractivity contribution is 7.89. The number of carbonyl (C=O) groups excluding carboxylic acids is 2. The third-order valence-electron chi connectivity index (χ3n) is 5.55. The summed E-state index contributed by atoms with van der Waals surface area (Å²) >= 11 is 11.8. The van der Waals surface area contributed by atoms with E-state index in [1.54, 1.807) is 0 Å². The van der Waals surface area contributed by atoms with Gasteiger partial charge in [-0.2, -0.15) is 0 Å². The summed E-state index contributed by atoms with van der Waals surface area (Å²) in [5, 5.41) is 6.96. The van der Waals surface area contributed by atoms with Gasteiger partial charge in [-0.25, -0.2) is 13.1 Å². The molecule has 1 aromatic heterocycles. The highest BCUT2D eigenvalue weighted by Crippen LogP contribution is 2.24. The Labute approximate surface area is 227 Å². The van der Waals surface area contributed by atoms with Crippen molar-refractivity contribution in [1.82, 2.24) is 15.4 Å². The Balaban J connectivity index is 1.44. The van der Waals surface area contributed by atoms with Crippen LogP contribution in [0.3, 0.4) is 0 Å². The molecule has 0 radical (unpaired) electrons. The second-order valence-corrected chi connectivity index (χ2v) is 11.7. The van der Waals surface area contributed by atoms with Gasteiger partial charge in [0.25, 0.3) is 0 Å². The molecule has 2 aromatic carbocycles. The molecule has 0 aliphatic rings. The standard InChI is InChI=1S/C26H31Cl2N3O5S/c1-17(2)13-22(31-25(32)16-20-14-18-7-3-4-8-23(18)36-20)26(33)29-11-5-6-12-30-37(34,35)24-10-9-19(27)15-21(24)28/h3-4,7-10,14-15,17,22,30H,5-6,11-13,16H2,1-2H3,(H,29,33)(H,31,32)/t22-/m0/s1. The first-order chi connectivity index (χ1) is 17.5. The normalized spacial score (nSPS) is 12.6. The van der Waals surface area contributed by atoms with Gasteiger partial charge in [-0.15, -0.1) is 0 Å². The molecule has 0 spiro atoms. The van der Waals surface area contributed by atoms with E-state index >= 15 is 0 Å². The van der Waals surface area contributed by atoms with Gasteiger partial charge < -0.3 is 15.1 Å². The molecule has 3 N–H and O–H groups in total. The minimum atomic E-state index is -3.77. The predicted octanol–water partition coefficient (Wildman–Crippen LogP) is 4.69. The molecule has 200 valence electrons. The zero-order chi connectivity index (χ0) is 27.0. The number of furan rings is 1. The summed E-state index contributed by atoms with van der Waals surface area (Å²) in [7, 11) is -3.77. The molecule has 37 heavy (non-hydrogen) atoms. The largest absolute Gasteiger partial charge is 0.461 e. The topological polar surface area (TPSA) is 118 Å². The van der Waals surface area contributed by atoms with E-state index in [4.69, 9.17) is 27.6 Å². The Morgan fingerprint density at radius 3 is 2.43 bits per heavy atom. The third-order valence-corrected chi connectivity index (χ3v) is 7.73. The van der Waals surface area contributed by atoms with Crippen molar-refractivity contribution in [3.8, 4) is 0 Å². The van der Waals surface area contributed by atoms with Crippen LogP contribution < -0.4 is 15.4 Å². The summed E-state index contributed by atoms with van der Waals surface area (Å²) in [5.74, 6) is 0.149. The third kappa shape index (κ3) is 8.74. The number of fused-ring (bicyclic) bond motifs is 1. The molecule has 0 saturated carbocycles. The van der Waals surface area contributed by atoms with Gasteiger partial charge in [0, 0.05) is 23.5 Å². The van der Waals surface area contributed by atoms with Crippen molar-refractivity contribution in [2.45, 2.75) is 50.5 Å². The van der Waals surface area contributed by atoms with Crippen LogP contribution in [0.4, 0.5) is 0 Å². The molecule has 3 rings (SSSR count). The van der Waals surface area contributed by atoms with Crippen LogP contribution in [0.15, 0.2) is 57.8 Å². The summed E-state index contributed by atoms with van der Waals surface area (Å²) in [6.45, 7) is 4.48. The first-order valence-corrected chi connectivity index (χ1v) is 14.3. The van der Waals surface area contributed by atoms with E-state index in [-0.39, 0.29) is 40.6 Å². The summed E-state index contributed by atoms with van der Waals surface area (Å²) in [4.78, 5) is 25.3. The first-order valence-electron chi connectivity index (χ1n) is 12.0. The van der Waals surface area contributed by atoms with Crippen LogP contribution in [0.25, 0.3) is 11.0 Å². The number of nitrogens with one attached hydrogen (secondary N) is 3. The molecule has 0 aliphatic heterocycles. The van der Waals surface area contributed by atoms with Crippen LogP contribution in [-0.2, 0) is 26.0 Å². The lowest BCUT2D eigenvalue weighted by molar-refractivity contribution is -0.129. The Morgan fingerprint density at radius 1 is 1.00 bits per heavy atom. The van der Waals surface area contributed by atoms with E-state index in [9.17, 15) is 18.0 Å². The molecule has 8 nitrogen and oxygen atoms in total. The van der Waals surface area contributed by atoms with Crippen LogP contribution in [0.5, 0.6) is 0 Å². The highest BCUT2D eigenvalue weighted by atomic mass is 35.5. The van der Waals surface area contributed by atoms with Gasteiger partial charge in [0.1, 0.15) is 22.3 Å². The molecule has 2 amide bonds. The SMILES string of the molecule is CC(C)C[C@H](NC(=O)Cc1cc2ccccc2o1)C(=O)NCCCCNS(=O)(=O)c1ccc(Cl)cc1Cl. The van der Waals surface area contributed by atoms with Crippen LogP contribution in [-0.4, -0.2) is 39.4 Å². The monoisotopic (exact) mass is 567 g/mol. The molecule has 0 saturated heterocycles. The highest BCUT2D eigenvalue weighted by Gasteiger charge is 2.22. The van der Waals surface area contributed by atoms with Gasteiger partial charge in [-0.05, 0) is 55.5 Å². The Kier molecular flexibility index (Phi) is 10.4. The Bertz CT molecular complexity index is 1310. The van der Waals surface area contributed by atoms with Crippen molar-refractivity contribution in [3.63, 3.8) is 0 Å². The molecule has 1 heterocycles. The fourth-order valence-corrected chi connectivity index (χ4v) is 5.64. The van der Waals surface area contributed by atoms with Crippen LogP contribution in [0.2, 0.25) is 10.0 Å². The molecular weight excluding hydrogens is 537 g/mol. The number of hydrogen-bond donors (Lipinski definition) is 3. The maximum Gasteiger partial charge on any atom is 0.242 e. The van der Waals surface area contributed by atoms with Crippen LogP contribution in [0.1, 0.15) is 38.9 Å². The fourth-order valence-electron chi connectivity index (χ4n) is 3.79. The maximum absolute atomic E-state index is 12.8. The van der Waals surface area contributed by atoms with Crippen molar-refractivity contribution in [2.75, 3.05) is 13.1 Å². The fraction of sp³-hybridized carbons (Fsp3) is 0.385. The number of benzene rings is 2. The average Bonchev–Trinajstić information content (AvgIpc) is 3.22. The number of amides is 2. The van der Waals surface area contributed by atoms with Crippen molar-refractivity contribution >= 4 is 56.0 Å². The number of sulfonamides is 1. The number of rotatable bonds is 13. The summed E-state index contributed by atoms with van der Waals surface area (Å²) in [6, 6.07) is 12.8. The van der Waals surface area contributed by atoms with Gasteiger partial charge in [0.2, 0.25) is 21.8 Å². The van der Waals surface area contributed by atoms with Gasteiger partial charge in [-0.3, -0.25) is 9.59 Å². The number of unbranched alkanes of at least 4 members (excludes halogenated alkanes) is 1. The summed E-state index contributed by atoms with van der Waals surface area (Å²) in [6.07, 6.45) is 1.57. The van der Waals surface area contributed by atoms with E-state index in [2.05, 4.69) is 15.4 Å². The zero-order valence-corrected chi connectivity index (χ0v) is 23.0. The van der Waals surface area contributed by atoms with Crippen LogP contribution >= 0.6 is 23.2 Å². The zero-order valence-electron chi connectivity index (χ0n) is 20.7. The number of carbonyl (C=O) groups is 2. The predicted molar refractivity (Wildman–Crippen MR) is 145 cm³/mol. The molecule has 11 heteroatoms. The van der Waals surface area contributed by atoms with Gasteiger partial charge in [0.15, 0.2) is 0 Å². The van der Waals surface area contributed by atoms with Crippen molar-refractivity contribution in [3.05, 3.63) is 64.3 Å². The molecule has 0 aliphatic carbocycles. The smallest absolute Gasteiger partial charge is 0.242 e. The Morgan fingerprint density at radius 2 is 1.73 bits per heavy atom. The molecule has 0 fully saturated rings. The van der Waals surface area contributed by atoms with E-state index in [1.807, 2.05) is 44.2 Å². The lowest BCUT2D eigenvalue weighted by atomic mass is 10.0. The van der Waals surface area contributed by atoms with E-state index in [0.29, 0.717) is 42.2 Å². The minimum Gasteiger partial charge on any atom is -0.461 e. The molecule has 1 atom stereocenters. The average molecular weight is 569 g/mol. The van der Waals surface area contributed by atoms with Gasteiger partial charge in [0.05, 0.1) is 11.4 Å². The second-order valence-electron chi connectivity index (χ2n) is 9.15. The van der Waals surface area contributed by atoms with Gasteiger partial charge >= 0.3 is 0 Å². The number of para-hydroxylation sites is 1. The molecule has 3 aromatic rings. The maximum atomic E-state index is 12.8. The molecular formula is C26H31Cl2N3O5S. The van der Waals surface area contributed by atoms with Gasteiger partial charge in [-0.1, -0.05) is 55.2 Å². The van der Waals surface area contributed by atoms with Crippen molar-refractivity contribution in [2.24, 2.45) is 5.92 Å². The second kappa shape index (κ2) is 13.3. The van der Waals surface area contributed by atoms with Crippen LogP contribution in [0, 0.1) is 5.92 Å². The van der Waals surface area contributed by atoms with Crippen molar-refractivity contribution < 1.29 is 22.4 Å². The lowest BCUT2D eigenvalue weighted by Crippen LogP contribution is -2.48. The summed E-state index contributed by atoms with van der Waals surface area (Å²) in [5.41, 5.74) is 0.709. The van der Waals surface area contributed by atoms with E-state index in [0.717, 1.165) is 5.39 Å². The quantitative estimate of drug-likeness (QED) is 0.259. The summed E-state index contributed by atoms with van der Waals surface area (Å²) < 4.78 is 33.1. The lowest BCUT2D eigenvalue weighted by Gasteiger charge is -2.20. The minimum absolute atomic E-state index is 0.0360. The number of hydrogen-bond acceptors (Lipinski definition) is 5. The molecule has 0 unspecified atom stereocenters. The van der Waals surface area contributed by atoms with Crippen molar-refractivity contribution in [1.29, 1.82) is 0 Å². The number of halogens is 2. The van der Waals surface area contributed by atoms with E-state index in [1.165, 1.54) is 18.2 Å². The first kappa shape index (κ1) is 29.0. The Hall–Kier alpha value is -2.59. The van der Waals surface area contributed by atoms with E-state index < -0.39 is 16.1 Å². The molecule has 0 bridgehead atoms.